The van der Waals surface area contributed by atoms with Crippen LogP contribution in [0.3, 0.4) is 0 Å². The van der Waals surface area contributed by atoms with Gasteiger partial charge in [-0.2, -0.15) is 0 Å². The Kier molecular flexibility index (Phi) is 6.68. The topological polar surface area (TPSA) is 91.7 Å². The van der Waals surface area contributed by atoms with Crippen molar-refractivity contribution in [2.75, 3.05) is 32.4 Å². The van der Waals surface area contributed by atoms with E-state index < -0.39 is 0 Å². The zero-order valence-corrected chi connectivity index (χ0v) is 17.8. The number of fused-ring (bicyclic) bond motifs is 1. The van der Waals surface area contributed by atoms with Crippen LogP contribution in [0.1, 0.15) is 31.5 Å². The second-order valence-electron chi connectivity index (χ2n) is 6.62. The molecule has 1 atom stereocenters. The maximum Gasteiger partial charge on any atom is 0.254 e. The molecule has 1 unspecified atom stereocenters. The van der Waals surface area contributed by atoms with Crippen molar-refractivity contribution in [2.24, 2.45) is 0 Å². The quantitative estimate of drug-likeness (QED) is 0.658. The smallest absolute Gasteiger partial charge is 0.254 e. The van der Waals surface area contributed by atoms with Gasteiger partial charge in [-0.15, -0.1) is 0 Å². The van der Waals surface area contributed by atoms with E-state index >= 15 is 0 Å². The average Bonchev–Trinajstić information content (AvgIpc) is 3.10. The molecule has 1 aliphatic rings. The third-order valence-corrected chi connectivity index (χ3v) is 5.72. The van der Waals surface area contributed by atoms with Gasteiger partial charge in [0.15, 0.2) is 16.7 Å². The number of carbonyl (C=O) groups excluding carboxylic acids is 1. The Morgan fingerprint density at radius 2 is 1.90 bits per heavy atom. The van der Waals surface area contributed by atoms with Crippen LogP contribution in [0.2, 0.25) is 0 Å². The van der Waals surface area contributed by atoms with Crippen molar-refractivity contribution in [1.29, 1.82) is 0 Å². The summed E-state index contributed by atoms with van der Waals surface area (Å²) >= 11 is 1.51. The first-order chi connectivity index (χ1) is 14.0. The molecule has 3 rings (SSSR count). The van der Waals surface area contributed by atoms with Crippen molar-refractivity contribution in [1.82, 2.24) is 9.55 Å². The predicted molar refractivity (Wildman–Crippen MR) is 112 cm³/mol. The van der Waals surface area contributed by atoms with Crippen molar-refractivity contribution < 1.29 is 19.0 Å². The summed E-state index contributed by atoms with van der Waals surface area (Å²) in [5.41, 5.74) is 1.23. The minimum Gasteiger partial charge on any atom is -0.493 e. The number of hydrogen-bond acceptors (Lipinski definition) is 7. The lowest BCUT2D eigenvalue weighted by Gasteiger charge is -2.16. The van der Waals surface area contributed by atoms with Gasteiger partial charge in [-0.05, 0) is 6.42 Å². The molecule has 0 aliphatic carbocycles. The van der Waals surface area contributed by atoms with Gasteiger partial charge >= 0.3 is 0 Å². The summed E-state index contributed by atoms with van der Waals surface area (Å²) in [7, 11) is 4.55. The van der Waals surface area contributed by atoms with E-state index in [4.69, 9.17) is 14.2 Å². The minimum atomic E-state index is -0.229. The average molecular weight is 420 g/mol. The van der Waals surface area contributed by atoms with E-state index in [-0.39, 0.29) is 23.9 Å². The molecular weight excluding hydrogens is 394 g/mol. The molecule has 0 fully saturated rings. The Bertz CT molecular complexity index is 935. The highest BCUT2D eigenvalue weighted by Crippen LogP contribution is 2.40. The molecule has 0 saturated heterocycles. The fourth-order valence-corrected chi connectivity index (χ4v) is 4.48. The lowest BCUT2D eigenvalue weighted by atomic mass is 10.2. The summed E-state index contributed by atoms with van der Waals surface area (Å²) in [4.78, 5) is 29.7. The summed E-state index contributed by atoms with van der Waals surface area (Å²) < 4.78 is 17.5. The Labute approximate surface area is 173 Å². The van der Waals surface area contributed by atoms with Gasteiger partial charge in [-0.3, -0.25) is 14.2 Å². The third-order valence-electron chi connectivity index (χ3n) is 4.62. The first kappa shape index (κ1) is 21.0. The number of benzene rings is 1. The van der Waals surface area contributed by atoms with Crippen LogP contribution >= 0.6 is 11.8 Å². The van der Waals surface area contributed by atoms with Crippen LogP contribution in [0.15, 0.2) is 28.2 Å². The lowest BCUT2D eigenvalue weighted by molar-refractivity contribution is -0.116. The van der Waals surface area contributed by atoms with Crippen LogP contribution in [0.25, 0.3) is 0 Å². The molecule has 29 heavy (non-hydrogen) atoms. The fraction of sp³-hybridized carbons (Fsp3) is 0.450. The molecular formula is C20H25N3O5S. The third kappa shape index (κ3) is 4.50. The predicted octanol–water partition coefficient (Wildman–Crippen LogP) is 2.90. The number of nitrogens with one attached hydrogen (secondary N) is 1. The fourth-order valence-electron chi connectivity index (χ4n) is 3.31. The number of rotatable bonds is 8. The highest BCUT2D eigenvalue weighted by atomic mass is 32.2. The highest BCUT2D eigenvalue weighted by molar-refractivity contribution is 7.99. The van der Waals surface area contributed by atoms with Gasteiger partial charge < -0.3 is 19.5 Å². The van der Waals surface area contributed by atoms with E-state index in [0.29, 0.717) is 33.8 Å². The van der Waals surface area contributed by atoms with Crippen molar-refractivity contribution in [3.8, 4) is 17.2 Å². The zero-order chi connectivity index (χ0) is 21.0. The molecule has 0 radical (unpaired) electrons. The molecule has 1 N–H and O–H groups in total. The highest BCUT2D eigenvalue weighted by Gasteiger charge is 2.28. The van der Waals surface area contributed by atoms with Gasteiger partial charge in [0.05, 0.1) is 27.4 Å². The van der Waals surface area contributed by atoms with Gasteiger partial charge in [0.2, 0.25) is 11.7 Å². The van der Waals surface area contributed by atoms with Gasteiger partial charge in [0.25, 0.3) is 5.56 Å². The number of ether oxygens (including phenoxy) is 3. The maximum atomic E-state index is 12.6. The number of thioether (sulfide) groups is 1. The van der Waals surface area contributed by atoms with Gasteiger partial charge in [-0.25, -0.2) is 4.98 Å². The number of aryl methyl sites for hydroxylation is 1. The number of carbonyl (C=O) groups is 1. The van der Waals surface area contributed by atoms with Crippen LogP contribution in [0.5, 0.6) is 17.2 Å². The van der Waals surface area contributed by atoms with E-state index in [9.17, 15) is 9.59 Å². The van der Waals surface area contributed by atoms with Gasteiger partial charge in [-0.1, -0.05) is 25.1 Å². The van der Waals surface area contributed by atoms with E-state index in [1.165, 1.54) is 33.1 Å². The number of nitrogens with zero attached hydrogens (tertiary/aromatic N) is 2. The van der Waals surface area contributed by atoms with Crippen molar-refractivity contribution in [3.05, 3.63) is 34.2 Å². The molecule has 9 heteroatoms. The molecule has 1 aliphatic heterocycles. The van der Waals surface area contributed by atoms with Gasteiger partial charge in [0, 0.05) is 41.8 Å². The SMILES string of the molecule is CCCc1cc(=O)n2c(n1)SCC2CC(=O)Nc1cc(OC)c(OC)c(OC)c1. The first-order valence-electron chi connectivity index (χ1n) is 9.35. The van der Waals surface area contributed by atoms with Crippen LogP contribution < -0.4 is 25.1 Å². The van der Waals surface area contributed by atoms with Crippen molar-refractivity contribution in [2.45, 2.75) is 37.4 Å². The second kappa shape index (κ2) is 9.21. The van der Waals surface area contributed by atoms with Crippen LogP contribution in [0.4, 0.5) is 5.69 Å². The summed E-state index contributed by atoms with van der Waals surface area (Å²) in [6.07, 6.45) is 1.88. The minimum absolute atomic E-state index is 0.103. The molecule has 8 nitrogen and oxygen atoms in total. The molecule has 1 amide bonds. The number of amides is 1. The lowest BCUT2D eigenvalue weighted by Crippen LogP contribution is -2.27. The Balaban J connectivity index is 1.76. The van der Waals surface area contributed by atoms with E-state index in [1.807, 2.05) is 0 Å². The molecule has 0 bridgehead atoms. The molecule has 1 aromatic heterocycles. The standard InChI is InChI=1S/C20H25N3O5S/c1-5-6-12-9-18(25)23-14(11-29-20(23)22-12)10-17(24)21-13-7-15(26-2)19(28-4)16(8-13)27-3/h7-9,14H,5-6,10-11H2,1-4H3,(H,21,24). The van der Waals surface area contributed by atoms with E-state index in [0.717, 1.165) is 18.5 Å². The second-order valence-corrected chi connectivity index (χ2v) is 7.61. The first-order valence-corrected chi connectivity index (χ1v) is 10.3. The molecule has 0 spiro atoms. The monoisotopic (exact) mass is 419 g/mol. The molecule has 2 heterocycles. The summed E-state index contributed by atoms with van der Waals surface area (Å²) in [5.74, 6) is 1.79. The van der Waals surface area contributed by atoms with Crippen molar-refractivity contribution in [3.63, 3.8) is 0 Å². The normalized spacial score (nSPS) is 15.0. The van der Waals surface area contributed by atoms with Crippen LogP contribution in [-0.2, 0) is 11.2 Å². The largest absolute Gasteiger partial charge is 0.493 e. The summed E-state index contributed by atoms with van der Waals surface area (Å²) in [6, 6.07) is 4.68. The Morgan fingerprint density at radius 1 is 1.21 bits per heavy atom. The maximum absolute atomic E-state index is 12.6. The number of hydrogen-bond donors (Lipinski definition) is 1. The molecule has 0 saturated carbocycles. The van der Waals surface area contributed by atoms with E-state index in [1.54, 1.807) is 22.8 Å². The number of anilines is 1. The summed E-state index contributed by atoms with van der Waals surface area (Å²) in [5, 5.41) is 3.54. The van der Waals surface area contributed by atoms with E-state index in [2.05, 4.69) is 17.2 Å². The molecule has 2 aromatic rings. The Hall–Kier alpha value is -2.68. The number of aromatic nitrogens is 2. The van der Waals surface area contributed by atoms with Gasteiger partial charge in [0.1, 0.15) is 0 Å². The van der Waals surface area contributed by atoms with Crippen LogP contribution in [-0.4, -0.2) is 42.5 Å². The van der Waals surface area contributed by atoms with Crippen molar-refractivity contribution >= 4 is 23.4 Å². The molecule has 156 valence electrons. The molecule has 1 aromatic carbocycles. The zero-order valence-electron chi connectivity index (χ0n) is 17.0. The number of methoxy groups -OCH3 is 3. The van der Waals surface area contributed by atoms with Crippen LogP contribution in [0, 0.1) is 0 Å². The Morgan fingerprint density at radius 3 is 2.48 bits per heavy atom. The summed E-state index contributed by atoms with van der Waals surface area (Å²) in [6.45, 7) is 2.05.